The number of nitrogens with zero attached hydrogens (tertiary/aromatic N) is 3. The Labute approximate surface area is 92.5 Å². The molecule has 1 aromatic heterocycles. The van der Waals surface area contributed by atoms with Crippen molar-refractivity contribution >= 4 is 5.69 Å². The summed E-state index contributed by atoms with van der Waals surface area (Å²) in [5.74, 6) is 0. The lowest BCUT2D eigenvalue weighted by molar-refractivity contribution is -0.385. The molecule has 0 amide bonds. The molecule has 0 aliphatic carbocycles. The SMILES string of the molecule is Cc1c(Cn2cccn2)cccc1[N+](=O)[O-]. The van der Waals surface area contributed by atoms with Crippen LogP contribution >= 0.6 is 0 Å². The first-order chi connectivity index (χ1) is 7.68. The molecule has 0 atom stereocenters. The molecule has 0 aliphatic heterocycles. The molecule has 2 rings (SSSR count). The van der Waals surface area contributed by atoms with Gasteiger partial charge in [0.05, 0.1) is 11.5 Å². The van der Waals surface area contributed by atoms with E-state index >= 15 is 0 Å². The molecule has 5 heteroatoms. The van der Waals surface area contributed by atoms with Crippen molar-refractivity contribution in [1.82, 2.24) is 9.78 Å². The van der Waals surface area contributed by atoms with Crippen LogP contribution in [0, 0.1) is 17.0 Å². The van der Waals surface area contributed by atoms with Gasteiger partial charge in [-0.25, -0.2) is 0 Å². The van der Waals surface area contributed by atoms with Crippen molar-refractivity contribution in [2.45, 2.75) is 13.5 Å². The molecule has 1 aromatic carbocycles. The molecular weight excluding hydrogens is 206 g/mol. The monoisotopic (exact) mass is 217 g/mol. The lowest BCUT2D eigenvalue weighted by Crippen LogP contribution is -2.03. The van der Waals surface area contributed by atoms with Crippen molar-refractivity contribution in [2.75, 3.05) is 0 Å². The quantitative estimate of drug-likeness (QED) is 0.584. The number of hydrogen-bond acceptors (Lipinski definition) is 3. The summed E-state index contributed by atoms with van der Waals surface area (Å²) in [6.45, 7) is 2.32. The summed E-state index contributed by atoms with van der Waals surface area (Å²) in [6.07, 6.45) is 3.52. The van der Waals surface area contributed by atoms with Crippen molar-refractivity contribution in [3.8, 4) is 0 Å². The summed E-state index contributed by atoms with van der Waals surface area (Å²) in [6, 6.07) is 6.92. The number of aromatic nitrogens is 2. The number of rotatable bonds is 3. The third-order valence-electron chi connectivity index (χ3n) is 2.51. The number of hydrogen-bond donors (Lipinski definition) is 0. The second-order valence-corrected chi connectivity index (χ2v) is 3.52. The fourth-order valence-corrected chi connectivity index (χ4v) is 1.61. The Morgan fingerprint density at radius 2 is 2.25 bits per heavy atom. The second kappa shape index (κ2) is 4.14. The average Bonchev–Trinajstić information content (AvgIpc) is 2.73. The largest absolute Gasteiger partial charge is 0.272 e. The topological polar surface area (TPSA) is 61.0 Å². The van der Waals surface area contributed by atoms with Crippen LogP contribution in [0.3, 0.4) is 0 Å². The van der Waals surface area contributed by atoms with E-state index in [-0.39, 0.29) is 10.6 Å². The first-order valence-corrected chi connectivity index (χ1v) is 4.89. The van der Waals surface area contributed by atoms with Crippen LogP contribution in [0.2, 0.25) is 0 Å². The Bertz CT molecular complexity index is 506. The van der Waals surface area contributed by atoms with Gasteiger partial charge in [0.2, 0.25) is 0 Å². The highest BCUT2D eigenvalue weighted by Gasteiger charge is 2.12. The molecule has 0 saturated heterocycles. The van der Waals surface area contributed by atoms with Crippen molar-refractivity contribution in [3.63, 3.8) is 0 Å². The van der Waals surface area contributed by atoms with E-state index in [1.807, 2.05) is 18.3 Å². The number of nitro groups is 1. The normalized spacial score (nSPS) is 10.3. The van der Waals surface area contributed by atoms with Crippen LogP contribution in [-0.4, -0.2) is 14.7 Å². The Balaban J connectivity index is 2.35. The van der Waals surface area contributed by atoms with Crippen molar-refractivity contribution in [2.24, 2.45) is 0 Å². The Hall–Kier alpha value is -2.17. The van der Waals surface area contributed by atoms with E-state index in [9.17, 15) is 10.1 Å². The maximum atomic E-state index is 10.8. The minimum Gasteiger partial charge on any atom is -0.268 e. The zero-order valence-electron chi connectivity index (χ0n) is 8.83. The van der Waals surface area contributed by atoms with E-state index in [1.54, 1.807) is 23.9 Å². The number of benzene rings is 1. The van der Waals surface area contributed by atoms with Crippen LogP contribution in [0.15, 0.2) is 36.7 Å². The van der Waals surface area contributed by atoms with Crippen molar-refractivity contribution < 1.29 is 4.92 Å². The smallest absolute Gasteiger partial charge is 0.268 e. The highest BCUT2D eigenvalue weighted by molar-refractivity contribution is 5.44. The minimum atomic E-state index is -0.359. The first kappa shape index (κ1) is 10.4. The van der Waals surface area contributed by atoms with Crippen LogP contribution in [0.25, 0.3) is 0 Å². The Morgan fingerprint density at radius 3 is 2.88 bits per heavy atom. The van der Waals surface area contributed by atoms with Crippen LogP contribution in [-0.2, 0) is 6.54 Å². The molecule has 0 unspecified atom stereocenters. The summed E-state index contributed by atoms with van der Waals surface area (Å²) in [5, 5.41) is 14.8. The molecule has 2 aromatic rings. The van der Waals surface area contributed by atoms with E-state index in [0.29, 0.717) is 12.1 Å². The molecule has 5 nitrogen and oxygen atoms in total. The van der Waals surface area contributed by atoms with E-state index in [1.165, 1.54) is 6.07 Å². The Kier molecular flexibility index (Phi) is 2.68. The zero-order chi connectivity index (χ0) is 11.5. The average molecular weight is 217 g/mol. The maximum Gasteiger partial charge on any atom is 0.272 e. The van der Waals surface area contributed by atoms with Gasteiger partial charge < -0.3 is 0 Å². The maximum absolute atomic E-state index is 10.8. The van der Waals surface area contributed by atoms with Gasteiger partial charge in [0.15, 0.2) is 0 Å². The fourth-order valence-electron chi connectivity index (χ4n) is 1.61. The molecule has 1 heterocycles. The van der Waals surface area contributed by atoms with Gasteiger partial charge in [-0.05, 0) is 18.6 Å². The van der Waals surface area contributed by atoms with Crippen molar-refractivity contribution in [3.05, 3.63) is 57.9 Å². The second-order valence-electron chi connectivity index (χ2n) is 3.52. The summed E-state index contributed by atoms with van der Waals surface area (Å²) in [4.78, 5) is 10.4. The molecule has 0 fully saturated rings. The molecule has 0 saturated carbocycles. The molecule has 0 aliphatic rings. The van der Waals surface area contributed by atoms with Crippen LogP contribution in [0.5, 0.6) is 0 Å². The summed E-state index contributed by atoms with van der Waals surface area (Å²) in [7, 11) is 0. The van der Waals surface area contributed by atoms with Gasteiger partial charge >= 0.3 is 0 Å². The lowest BCUT2D eigenvalue weighted by Gasteiger charge is -2.06. The summed E-state index contributed by atoms with van der Waals surface area (Å²) < 4.78 is 1.74. The predicted octanol–water partition coefficient (Wildman–Crippen LogP) is 2.15. The summed E-state index contributed by atoms with van der Waals surface area (Å²) in [5.41, 5.74) is 1.77. The van der Waals surface area contributed by atoms with Gasteiger partial charge in [0.25, 0.3) is 5.69 Å². The van der Waals surface area contributed by atoms with E-state index < -0.39 is 0 Å². The molecule has 0 bridgehead atoms. The van der Waals surface area contributed by atoms with Gasteiger partial charge in [-0.3, -0.25) is 14.8 Å². The molecule has 16 heavy (non-hydrogen) atoms. The van der Waals surface area contributed by atoms with Gasteiger partial charge in [-0.15, -0.1) is 0 Å². The van der Waals surface area contributed by atoms with Crippen LogP contribution in [0.1, 0.15) is 11.1 Å². The van der Waals surface area contributed by atoms with E-state index in [2.05, 4.69) is 5.10 Å². The first-order valence-electron chi connectivity index (χ1n) is 4.89. The lowest BCUT2D eigenvalue weighted by atomic mass is 10.1. The highest BCUT2D eigenvalue weighted by atomic mass is 16.6. The fraction of sp³-hybridized carbons (Fsp3) is 0.182. The third-order valence-corrected chi connectivity index (χ3v) is 2.51. The summed E-state index contributed by atoms with van der Waals surface area (Å²) >= 11 is 0. The van der Waals surface area contributed by atoms with Gasteiger partial charge in [0, 0.05) is 24.0 Å². The van der Waals surface area contributed by atoms with Gasteiger partial charge in [-0.2, -0.15) is 5.10 Å². The predicted molar refractivity (Wildman–Crippen MR) is 59.2 cm³/mol. The molecule has 82 valence electrons. The molecular formula is C11H11N3O2. The standard InChI is InChI=1S/C11H11N3O2/c1-9-10(8-13-7-3-6-12-13)4-2-5-11(9)14(15)16/h2-7H,8H2,1H3. The van der Waals surface area contributed by atoms with Crippen molar-refractivity contribution in [1.29, 1.82) is 0 Å². The zero-order valence-corrected chi connectivity index (χ0v) is 8.83. The number of nitro benzene ring substituents is 1. The Morgan fingerprint density at radius 1 is 1.44 bits per heavy atom. The van der Waals surface area contributed by atoms with Crippen LogP contribution in [0.4, 0.5) is 5.69 Å². The van der Waals surface area contributed by atoms with Gasteiger partial charge in [0.1, 0.15) is 0 Å². The molecule has 0 radical (unpaired) electrons. The molecule has 0 spiro atoms. The van der Waals surface area contributed by atoms with E-state index in [4.69, 9.17) is 0 Å². The minimum absolute atomic E-state index is 0.157. The van der Waals surface area contributed by atoms with E-state index in [0.717, 1.165) is 5.56 Å². The van der Waals surface area contributed by atoms with Gasteiger partial charge in [-0.1, -0.05) is 12.1 Å². The highest BCUT2D eigenvalue weighted by Crippen LogP contribution is 2.21. The third kappa shape index (κ3) is 1.93. The van der Waals surface area contributed by atoms with Crippen LogP contribution < -0.4 is 0 Å². The molecule has 0 N–H and O–H groups in total.